The molecule has 1 aromatic carbocycles. The summed E-state index contributed by atoms with van der Waals surface area (Å²) in [5, 5.41) is 8.07. The highest BCUT2D eigenvalue weighted by Crippen LogP contribution is 2.22. The maximum atomic E-state index is 12.8. The Balaban J connectivity index is 1.65. The quantitative estimate of drug-likeness (QED) is 0.818. The van der Waals surface area contributed by atoms with Crippen LogP contribution in [0.2, 0.25) is 5.15 Å². The number of aryl methyl sites for hydroxylation is 2. The monoisotopic (exact) mass is 388 g/mol. The Morgan fingerprint density at radius 2 is 1.89 bits per heavy atom. The summed E-state index contributed by atoms with van der Waals surface area (Å²) in [5.74, 6) is -0.110. The second-order valence-corrected chi connectivity index (χ2v) is 7.84. The molecule has 3 rings (SSSR count). The molecule has 1 aliphatic heterocycles. The van der Waals surface area contributed by atoms with Crippen LogP contribution < -0.4 is 5.32 Å². The first-order valence-electron chi connectivity index (χ1n) is 9.79. The third kappa shape index (κ3) is 4.90. The molecule has 6 heteroatoms. The molecule has 0 radical (unpaired) electrons. The van der Waals surface area contributed by atoms with E-state index in [4.69, 9.17) is 11.6 Å². The molecule has 1 amide bonds. The minimum absolute atomic E-state index is 0.110. The van der Waals surface area contributed by atoms with Crippen molar-refractivity contribution in [3.05, 3.63) is 51.8 Å². The van der Waals surface area contributed by atoms with E-state index in [9.17, 15) is 4.79 Å². The molecule has 2 heterocycles. The van der Waals surface area contributed by atoms with Gasteiger partial charge >= 0.3 is 0 Å². The zero-order valence-corrected chi connectivity index (χ0v) is 17.2. The van der Waals surface area contributed by atoms with Gasteiger partial charge in [0.05, 0.1) is 17.8 Å². The molecule has 0 bridgehead atoms. The number of piperidine rings is 1. The molecule has 1 saturated heterocycles. The molecule has 146 valence electrons. The van der Waals surface area contributed by atoms with Crippen molar-refractivity contribution in [2.75, 3.05) is 19.6 Å². The number of halogens is 1. The van der Waals surface area contributed by atoms with Crippen molar-refractivity contribution in [3.8, 4) is 0 Å². The number of likely N-dealkylation sites (tertiary alicyclic amines) is 1. The predicted molar refractivity (Wildman–Crippen MR) is 109 cm³/mol. The molecule has 1 N–H and O–H groups in total. The van der Waals surface area contributed by atoms with Crippen molar-refractivity contribution in [2.24, 2.45) is 0 Å². The van der Waals surface area contributed by atoms with Gasteiger partial charge in [0.2, 0.25) is 0 Å². The average molecular weight is 389 g/mol. The Hall–Kier alpha value is -1.85. The second kappa shape index (κ2) is 8.89. The van der Waals surface area contributed by atoms with Gasteiger partial charge < -0.3 is 10.2 Å². The van der Waals surface area contributed by atoms with Gasteiger partial charge in [-0.05, 0) is 45.2 Å². The van der Waals surface area contributed by atoms with Gasteiger partial charge in [0, 0.05) is 19.1 Å². The predicted octanol–water partition coefficient (Wildman–Crippen LogP) is 3.81. The highest BCUT2D eigenvalue weighted by atomic mass is 35.5. The molecule has 5 nitrogen and oxygen atoms in total. The van der Waals surface area contributed by atoms with Gasteiger partial charge in [-0.15, -0.1) is 0 Å². The van der Waals surface area contributed by atoms with Crippen molar-refractivity contribution < 1.29 is 4.79 Å². The highest BCUT2D eigenvalue weighted by molar-refractivity contribution is 6.33. The second-order valence-electron chi connectivity index (χ2n) is 7.48. The summed E-state index contributed by atoms with van der Waals surface area (Å²) in [6.07, 6.45) is 3.14. The maximum Gasteiger partial charge on any atom is 0.256 e. The molecule has 1 aromatic heterocycles. The van der Waals surface area contributed by atoms with E-state index in [0.29, 0.717) is 23.0 Å². The number of rotatable bonds is 6. The van der Waals surface area contributed by atoms with Crippen LogP contribution in [0.4, 0.5) is 0 Å². The lowest BCUT2D eigenvalue weighted by Gasteiger charge is -2.32. The van der Waals surface area contributed by atoms with E-state index >= 15 is 0 Å². The minimum Gasteiger partial charge on any atom is -0.349 e. The number of nitrogens with one attached hydrogen (secondary N) is 1. The third-order valence-electron chi connectivity index (χ3n) is 5.21. The van der Waals surface area contributed by atoms with Gasteiger partial charge in [0.1, 0.15) is 5.15 Å². The number of hydrogen-bond donors (Lipinski definition) is 1. The number of benzene rings is 1. The first kappa shape index (κ1) is 19.9. The van der Waals surface area contributed by atoms with Crippen molar-refractivity contribution >= 4 is 17.5 Å². The van der Waals surface area contributed by atoms with Crippen molar-refractivity contribution in [2.45, 2.75) is 52.6 Å². The van der Waals surface area contributed by atoms with Crippen LogP contribution >= 0.6 is 11.6 Å². The van der Waals surface area contributed by atoms with Gasteiger partial charge in [-0.25, -0.2) is 4.68 Å². The zero-order valence-electron chi connectivity index (χ0n) is 16.5. The topological polar surface area (TPSA) is 50.2 Å². The summed E-state index contributed by atoms with van der Waals surface area (Å²) in [5.41, 5.74) is 3.50. The van der Waals surface area contributed by atoms with Crippen LogP contribution in [-0.4, -0.2) is 46.3 Å². The normalized spacial score (nSPS) is 15.9. The summed E-state index contributed by atoms with van der Waals surface area (Å²) >= 11 is 6.52. The fourth-order valence-electron chi connectivity index (χ4n) is 3.66. The van der Waals surface area contributed by atoms with Gasteiger partial charge in [-0.1, -0.05) is 48.4 Å². The Kier molecular flexibility index (Phi) is 6.55. The molecular formula is C21H29ClN4O. The van der Waals surface area contributed by atoms with Crippen molar-refractivity contribution in [1.29, 1.82) is 0 Å². The number of amides is 1. The molecule has 0 atom stereocenters. The molecule has 0 aliphatic carbocycles. The summed E-state index contributed by atoms with van der Waals surface area (Å²) in [6.45, 7) is 9.88. The number of hydrogen-bond acceptors (Lipinski definition) is 3. The van der Waals surface area contributed by atoms with E-state index in [1.54, 1.807) is 4.68 Å². The van der Waals surface area contributed by atoms with Crippen LogP contribution in [0.15, 0.2) is 24.3 Å². The minimum atomic E-state index is -0.110. The molecule has 0 spiro atoms. The largest absolute Gasteiger partial charge is 0.349 e. The van der Waals surface area contributed by atoms with Gasteiger partial charge in [-0.2, -0.15) is 5.10 Å². The first-order chi connectivity index (χ1) is 13.0. The van der Waals surface area contributed by atoms with E-state index in [0.717, 1.165) is 38.0 Å². The van der Waals surface area contributed by atoms with Crippen LogP contribution in [0.25, 0.3) is 0 Å². The number of aromatic nitrogens is 2. The number of nitrogens with zero attached hydrogens (tertiary/aromatic N) is 3. The summed E-state index contributed by atoms with van der Waals surface area (Å²) in [6, 6.07) is 8.47. The Bertz CT molecular complexity index is 776. The highest BCUT2D eigenvalue weighted by Gasteiger charge is 2.25. The van der Waals surface area contributed by atoms with Crippen LogP contribution in [0, 0.1) is 13.8 Å². The lowest BCUT2D eigenvalue weighted by molar-refractivity contribution is 0.0910. The molecule has 1 fully saturated rings. The van der Waals surface area contributed by atoms with E-state index < -0.39 is 0 Å². The Morgan fingerprint density at radius 3 is 2.52 bits per heavy atom. The Labute approximate surface area is 166 Å². The van der Waals surface area contributed by atoms with E-state index in [1.165, 1.54) is 12.0 Å². The lowest BCUT2D eigenvalue weighted by atomic mass is 10.0. The van der Waals surface area contributed by atoms with E-state index in [-0.39, 0.29) is 11.9 Å². The Morgan fingerprint density at radius 1 is 1.22 bits per heavy atom. The number of carbonyl (C=O) groups excluding carboxylic acids is 1. The summed E-state index contributed by atoms with van der Waals surface area (Å²) < 4.78 is 1.71. The summed E-state index contributed by atoms with van der Waals surface area (Å²) in [7, 11) is 0. The zero-order chi connectivity index (χ0) is 19.4. The molecular weight excluding hydrogens is 360 g/mol. The van der Waals surface area contributed by atoms with Crippen molar-refractivity contribution in [1.82, 2.24) is 20.0 Å². The van der Waals surface area contributed by atoms with Gasteiger partial charge in [0.15, 0.2) is 0 Å². The van der Waals surface area contributed by atoms with Crippen LogP contribution in [0.5, 0.6) is 0 Å². The molecule has 0 saturated carbocycles. The maximum absolute atomic E-state index is 12.8. The van der Waals surface area contributed by atoms with E-state index in [2.05, 4.69) is 53.4 Å². The van der Waals surface area contributed by atoms with Gasteiger partial charge in [-0.3, -0.25) is 4.79 Å². The average Bonchev–Trinajstić information content (AvgIpc) is 2.92. The van der Waals surface area contributed by atoms with Crippen LogP contribution in [0.1, 0.15) is 53.4 Å². The standard InChI is InChI=1S/C21H29ClN4O/c1-4-11-25-12-9-18(10-13-25)23-21(27)19-16(3)24-26(20(19)22)14-17-7-5-15(2)6-8-17/h5-8,18H,4,9-14H2,1-3H3,(H,23,27). The molecule has 27 heavy (non-hydrogen) atoms. The summed E-state index contributed by atoms with van der Waals surface area (Å²) in [4.78, 5) is 15.3. The van der Waals surface area contributed by atoms with Crippen LogP contribution in [0.3, 0.4) is 0 Å². The third-order valence-corrected chi connectivity index (χ3v) is 5.59. The molecule has 2 aromatic rings. The van der Waals surface area contributed by atoms with Gasteiger partial charge in [0.25, 0.3) is 5.91 Å². The first-order valence-corrected chi connectivity index (χ1v) is 10.2. The fraction of sp³-hybridized carbons (Fsp3) is 0.524. The van der Waals surface area contributed by atoms with Crippen molar-refractivity contribution in [3.63, 3.8) is 0 Å². The van der Waals surface area contributed by atoms with Crippen LogP contribution in [-0.2, 0) is 6.54 Å². The molecule has 0 unspecified atom stereocenters. The molecule has 1 aliphatic rings. The van der Waals surface area contributed by atoms with E-state index in [1.807, 2.05) is 6.92 Å². The SMILES string of the molecule is CCCN1CCC(NC(=O)c2c(C)nn(Cc3ccc(C)cc3)c2Cl)CC1. The fourth-order valence-corrected chi connectivity index (χ4v) is 3.98. The number of carbonyl (C=O) groups is 1. The smallest absolute Gasteiger partial charge is 0.256 e. The lowest BCUT2D eigenvalue weighted by Crippen LogP contribution is -2.44.